The average Bonchev–Trinajstić information content (AvgIpc) is 2.46. The van der Waals surface area contributed by atoms with Crippen LogP contribution in [0.5, 0.6) is 0 Å². The van der Waals surface area contributed by atoms with Gasteiger partial charge in [-0.3, -0.25) is 4.79 Å². The molecule has 0 aliphatic carbocycles. The standard InChI is InChI=1S/C16H22ClNO2/c1-12-5-3-4-6-14(12)7-8-16(19)18-10-15(9-17)20-11-13(18)2/h3-6,13,15H,7-11H2,1-2H3. The first-order valence-corrected chi connectivity index (χ1v) is 7.66. The van der Waals surface area contributed by atoms with Crippen LogP contribution in [0.3, 0.4) is 0 Å². The van der Waals surface area contributed by atoms with Crippen LogP contribution in [0.1, 0.15) is 24.5 Å². The zero-order chi connectivity index (χ0) is 14.5. The lowest BCUT2D eigenvalue weighted by Gasteiger charge is -2.37. The Labute approximate surface area is 125 Å². The van der Waals surface area contributed by atoms with E-state index in [0.29, 0.717) is 25.5 Å². The first kappa shape index (κ1) is 15.3. The molecule has 110 valence electrons. The largest absolute Gasteiger partial charge is 0.373 e. The molecule has 1 aromatic carbocycles. The number of halogens is 1. The molecule has 3 nitrogen and oxygen atoms in total. The topological polar surface area (TPSA) is 29.5 Å². The monoisotopic (exact) mass is 295 g/mol. The Morgan fingerprint density at radius 3 is 2.90 bits per heavy atom. The predicted octanol–water partition coefficient (Wildman–Crippen LogP) is 2.78. The molecule has 0 spiro atoms. The maximum atomic E-state index is 12.4. The number of ether oxygens (including phenoxy) is 1. The van der Waals surface area contributed by atoms with Crippen molar-refractivity contribution in [3.8, 4) is 0 Å². The molecule has 0 N–H and O–H groups in total. The van der Waals surface area contributed by atoms with E-state index in [1.165, 1.54) is 11.1 Å². The van der Waals surface area contributed by atoms with Gasteiger partial charge in [-0.15, -0.1) is 11.6 Å². The molecule has 0 aromatic heterocycles. The summed E-state index contributed by atoms with van der Waals surface area (Å²) in [5.74, 6) is 0.632. The lowest BCUT2D eigenvalue weighted by Crippen LogP contribution is -2.51. The van der Waals surface area contributed by atoms with E-state index in [0.717, 1.165) is 6.42 Å². The van der Waals surface area contributed by atoms with Crippen molar-refractivity contribution in [2.45, 2.75) is 38.8 Å². The summed E-state index contributed by atoms with van der Waals surface area (Å²) in [6.45, 7) is 5.29. The Hall–Kier alpha value is -1.06. The van der Waals surface area contributed by atoms with Crippen molar-refractivity contribution >= 4 is 17.5 Å². The van der Waals surface area contributed by atoms with Crippen LogP contribution in [0.15, 0.2) is 24.3 Å². The summed E-state index contributed by atoms with van der Waals surface area (Å²) in [4.78, 5) is 14.3. The van der Waals surface area contributed by atoms with Gasteiger partial charge in [-0.25, -0.2) is 0 Å². The van der Waals surface area contributed by atoms with E-state index >= 15 is 0 Å². The Bertz CT molecular complexity index is 464. The highest BCUT2D eigenvalue weighted by molar-refractivity contribution is 6.18. The van der Waals surface area contributed by atoms with Crippen LogP contribution in [0.4, 0.5) is 0 Å². The van der Waals surface area contributed by atoms with Crippen molar-refractivity contribution in [2.75, 3.05) is 19.0 Å². The van der Waals surface area contributed by atoms with E-state index in [4.69, 9.17) is 16.3 Å². The van der Waals surface area contributed by atoms with Gasteiger partial charge in [0.2, 0.25) is 5.91 Å². The van der Waals surface area contributed by atoms with Crippen LogP contribution in [0.25, 0.3) is 0 Å². The Morgan fingerprint density at radius 1 is 1.45 bits per heavy atom. The minimum absolute atomic E-state index is 0.0321. The van der Waals surface area contributed by atoms with E-state index in [-0.39, 0.29) is 18.1 Å². The van der Waals surface area contributed by atoms with Gasteiger partial charge in [0.05, 0.1) is 24.6 Å². The third-order valence-corrected chi connectivity index (χ3v) is 4.21. The van der Waals surface area contributed by atoms with E-state index in [2.05, 4.69) is 19.1 Å². The zero-order valence-corrected chi connectivity index (χ0v) is 12.9. The SMILES string of the molecule is Cc1ccccc1CCC(=O)N1CC(CCl)OCC1C. The Morgan fingerprint density at radius 2 is 2.20 bits per heavy atom. The van der Waals surface area contributed by atoms with Gasteiger partial charge in [0.1, 0.15) is 0 Å². The fraction of sp³-hybridized carbons (Fsp3) is 0.562. The number of carbonyl (C=O) groups is 1. The number of rotatable bonds is 4. The van der Waals surface area contributed by atoms with Crippen molar-refractivity contribution in [2.24, 2.45) is 0 Å². The number of carbonyl (C=O) groups excluding carboxylic acids is 1. The van der Waals surface area contributed by atoms with Crippen LogP contribution < -0.4 is 0 Å². The van der Waals surface area contributed by atoms with Gasteiger partial charge in [-0.2, -0.15) is 0 Å². The molecule has 1 heterocycles. The molecule has 2 atom stereocenters. The minimum atomic E-state index is -0.0321. The second kappa shape index (κ2) is 7.09. The summed E-state index contributed by atoms with van der Waals surface area (Å²) < 4.78 is 5.58. The lowest BCUT2D eigenvalue weighted by molar-refractivity contribution is -0.142. The molecule has 0 saturated carbocycles. The third kappa shape index (κ3) is 3.74. The van der Waals surface area contributed by atoms with Gasteiger partial charge >= 0.3 is 0 Å². The molecular weight excluding hydrogens is 274 g/mol. The number of hydrogen-bond acceptors (Lipinski definition) is 2. The normalized spacial score (nSPS) is 22.9. The number of alkyl halides is 1. The van der Waals surface area contributed by atoms with Crippen LogP contribution in [-0.4, -0.2) is 42.0 Å². The molecule has 1 aromatic rings. The van der Waals surface area contributed by atoms with Gasteiger partial charge in [0, 0.05) is 13.0 Å². The second-order valence-electron chi connectivity index (χ2n) is 5.43. The van der Waals surface area contributed by atoms with Crippen LogP contribution in [0, 0.1) is 6.92 Å². The summed E-state index contributed by atoms with van der Waals surface area (Å²) in [6.07, 6.45) is 1.31. The van der Waals surface area contributed by atoms with Gasteiger partial charge in [0.15, 0.2) is 0 Å². The molecule has 2 unspecified atom stereocenters. The number of nitrogens with zero attached hydrogens (tertiary/aromatic N) is 1. The predicted molar refractivity (Wildman–Crippen MR) is 81.1 cm³/mol. The Balaban J connectivity index is 1.92. The van der Waals surface area contributed by atoms with Crippen molar-refractivity contribution in [3.63, 3.8) is 0 Å². The van der Waals surface area contributed by atoms with Crippen molar-refractivity contribution in [1.82, 2.24) is 4.90 Å². The van der Waals surface area contributed by atoms with Gasteiger partial charge in [-0.1, -0.05) is 24.3 Å². The fourth-order valence-electron chi connectivity index (χ4n) is 2.53. The number of hydrogen-bond donors (Lipinski definition) is 0. The van der Waals surface area contributed by atoms with E-state index in [1.54, 1.807) is 0 Å². The molecule has 1 saturated heterocycles. The van der Waals surface area contributed by atoms with Crippen molar-refractivity contribution in [3.05, 3.63) is 35.4 Å². The van der Waals surface area contributed by atoms with Crippen LogP contribution in [-0.2, 0) is 16.0 Å². The number of aryl methyl sites for hydroxylation is 2. The number of benzene rings is 1. The average molecular weight is 296 g/mol. The number of morpholine rings is 1. The maximum absolute atomic E-state index is 12.4. The summed E-state index contributed by atoms with van der Waals surface area (Å²) >= 11 is 5.83. The van der Waals surface area contributed by atoms with Crippen molar-refractivity contribution < 1.29 is 9.53 Å². The summed E-state index contributed by atoms with van der Waals surface area (Å²) in [5.41, 5.74) is 2.49. The van der Waals surface area contributed by atoms with E-state index < -0.39 is 0 Å². The molecule has 1 aliphatic heterocycles. The minimum Gasteiger partial charge on any atom is -0.373 e. The highest BCUT2D eigenvalue weighted by atomic mass is 35.5. The summed E-state index contributed by atoms with van der Waals surface area (Å²) in [6, 6.07) is 8.36. The maximum Gasteiger partial charge on any atom is 0.223 e. The molecule has 4 heteroatoms. The number of amides is 1. The summed E-state index contributed by atoms with van der Waals surface area (Å²) in [7, 11) is 0. The molecule has 2 rings (SSSR count). The molecule has 0 radical (unpaired) electrons. The zero-order valence-electron chi connectivity index (χ0n) is 12.1. The molecule has 1 amide bonds. The first-order valence-electron chi connectivity index (χ1n) is 7.13. The van der Waals surface area contributed by atoms with E-state index in [9.17, 15) is 4.79 Å². The Kier molecular flexibility index (Phi) is 5.44. The summed E-state index contributed by atoms with van der Waals surface area (Å²) in [5, 5.41) is 0. The molecule has 20 heavy (non-hydrogen) atoms. The van der Waals surface area contributed by atoms with Gasteiger partial charge < -0.3 is 9.64 Å². The first-order chi connectivity index (χ1) is 9.61. The van der Waals surface area contributed by atoms with Crippen LogP contribution in [0.2, 0.25) is 0 Å². The molecule has 1 fully saturated rings. The van der Waals surface area contributed by atoms with Crippen molar-refractivity contribution in [1.29, 1.82) is 0 Å². The fourth-order valence-corrected chi connectivity index (χ4v) is 2.72. The highest BCUT2D eigenvalue weighted by Crippen LogP contribution is 2.16. The smallest absolute Gasteiger partial charge is 0.223 e. The van der Waals surface area contributed by atoms with E-state index in [1.807, 2.05) is 24.0 Å². The molecular formula is C16H22ClNO2. The second-order valence-corrected chi connectivity index (χ2v) is 5.74. The highest BCUT2D eigenvalue weighted by Gasteiger charge is 2.28. The van der Waals surface area contributed by atoms with Gasteiger partial charge in [-0.05, 0) is 31.4 Å². The van der Waals surface area contributed by atoms with Gasteiger partial charge in [0.25, 0.3) is 0 Å². The van der Waals surface area contributed by atoms with Crippen LogP contribution >= 0.6 is 11.6 Å². The molecule has 0 bridgehead atoms. The molecule has 1 aliphatic rings. The lowest BCUT2D eigenvalue weighted by atomic mass is 10.0. The quantitative estimate of drug-likeness (QED) is 0.800. The third-order valence-electron chi connectivity index (χ3n) is 3.87.